The fourth-order valence-electron chi connectivity index (χ4n) is 2.50. The summed E-state index contributed by atoms with van der Waals surface area (Å²) in [6.07, 6.45) is 0. The molecular weight excluding hydrogens is 270 g/mol. The molecule has 0 aliphatic rings. The SMILES string of the molecule is COC(=O)[C@H](C)N(c1c(C)cccc1C)[C@@H](C)C(=O)OC. The highest BCUT2D eigenvalue weighted by Gasteiger charge is 2.32. The molecule has 5 heteroatoms. The van der Waals surface area contributed by atoms with E-state index in [4.69, 9.17) is 9.47 Å². The van der Waals surface area contributed by atoms with Gasteiger partial charge in [0, 0.05) is 5.69 Å². The summed E-state index contributed by atoms with van der Waals surface area (Å²) in [5, 5.41) is 0. The molecule has 0 heterocycles. The van der Waals surface area contributed by atoms with Crippen LogP contribution in [0.1, 0.15) is 25.0 Å². The molecule has 0 saturated heterocycles. The van der Waals surface area contributed by atoms with Gasteiger partial charge >= 0.3 is 11.9 Å². The van der Waals surface area contributed by atoms with Crippen molar-refractivity contribution in [2.45, 2.75) is 39.8 Å². The number of hydrogen-bond donors (Lipinski definition) is 0. The first-order chi connectivity index (χ1) is 9.84. The lowest BCUT2D eigenvalue weighted by molar-refractivity contribution is -0.144. The molecule has 0 aliphatic heterocycles. The van der Waals surface area contributed by atoms with E-state index in [0.717, 1.165) is 16.8 Å². The maximum absolute atomic E-state index is 11.9. The lowest BCUT2D eigenvalue weighted by Gasteiger charge is -2.35. The summed E-state index contributed by atoms with van der Waals surface area (Å²) in [6.45, 7) is 7.33. The van der Waals surface area contributed by atoms with Crippen molar-refractivity contribution in [2.24, 2.45) is 0 Å². The molecule has 116 valence electrons. The van der Waals surface area contributed by atoms with Crippen LogP contribution in [0.5, 0.6) is 0 Å². The van der Waals surface area contributed by atoms with E-state index in [1.165, 1.54) is 14.2 Å². The first-order valence-corrected chi connectivity index (χ1v) is 6.85. The second-order valence-corrected chi connectivity index (χ2v) is 5.05. The molecule has 0 N–H and O–H groups in total. The topological polar surface area (TPSA) is 55.8 Å². The van der Waals surface area contributed by atoms with Gasteiger partial charge in [0.25, 0.3) is 0 Å². The molecule has 21 heavy (non-hydrogen) atoms. The number of aryl methyl sites for hydroxylation is 2. The van der Waals surface area contributed by atoms with Crippen LogP contribution in [-0.4, -0.2) is 38.2 Å². The maximum atomic E-state index is 11.9. The molecule has 0 aliphatic carbocycles. The fraction of sp³-hybridized carbons (Fsp3) is 0.500. The molecular formula is C16H23NO4. The number of para-hydroxylation sites is 1. The molecule has 0 unspecified atom stereocenters. The van der Waals surface area contributed by atoms with Crippen LogP contribution >= 0.6 is 0 Å². The summed E-state index contributed by atoms with van der Waals surface area (Å²) in [4.78, 5) is 25.6. The number of nitrogens with zero attached hydrogens (tertiary/aromatic N) is 1. The van der Waals surface area contributed by atoms with Gasteiger partial charge in [-0.3, -0.25) is 0 Å². The van der Waals surface area contributed by atoms with Gasteiger partial charge in [-0.05, 0) is 38.8 Å². The molecule has 0 spiro atoms. The van der Waals surface area contributed by atoms with E-state index in [1.54, 1.807) is 18.7 Å². The van der Waals surface area contributed by atoms with Crippen LogP contribution in [0.3, 0.4) is 0 Å². The molecule has 2 atom stereocenters. The summed E-state index contributed by atoms with van der Waals surface area (Å²) in [5.74, 6) is -0.790. The largest absolute Gasteiger partial charge is 0.467 e. The summed E-state index contributed by atoms with van der Waals surface area (Å²) in [7, 11) is 2.68. The molecule has 1 aromatic carbocycles. The molecule has 0 saturated carbocycles. The Labute approximate surface area is 125 Å². The quantitative estimate of drug-likeness (QED) is 0.779. The summed E-state index contributed by atoms with van der Waals surface area (Å²) < 4.78 is 9.65. The first-order valence-electron chi connectivity index (χ1n) is 6.85. The van der Waals surface area contributed by atoms with Gasteiger partial charge in [0.15, 0.2) is 0 Å². The van der Waals surface area contributed by atoms with Gasteiger partial charge in [-0.1, -0.05) is 18.2 Å². The number of benzene rings is 1. The van der Waals surface area contributed by atoms with Crippen molar-refractivity contribution >= 4 is 17.6 Å². The van der Waals surface area contributed by atoms with Crippen molar-refractivity contribution in [2.75, 3.05) is 19.1 Å². The molecule has 5 nitrogen and oxygen atoms in total. The number of methoxy groups -OCH3 is 2. The summed E-state index contributed by atoms with van der Waals surface area (Å²) in [6, 6.07) is 4.65. The van der Waals surface area contributed by atoms with Gasteiger partial charge in [0.05, 0.1) is 14.2 Å². The van der Waals surface area contributed by atoms with E-state index in [0.29, 0.717) is 0 Å². The number of anilines is 1. The number of carbonyl (C=O) groups excluding carboxylic acids is 2. The van der Waals surface area contributed by atoms with E-state index < -0.39 is 24.0 Å². The van der Waals surface area contributed by atoms with E-state index in [2.05, 4.69) is 0 Å². The lowest BCUT2D eigenvalue weighted by atomic mass is 10.0. The number of carbonyl (C=O) groups is 2. The van der Waals surface area contributed by atoms with E-state index >= 15 is 0 Å². The highest BCUT2D eigenvalue weighted by molar-refractivity contribution is 5.87. The number of hydrogen-bond acceptors (Lipinski definition) is 5. The van der Waals surface area contributed by atoms with Crippen molar-refractivity contribution in [1.29, 1.82) is 0 Å². The predicted octanol–water partition coefficient (Wildman–Crippen LogP) is 2.23. The van der Waals surface area contributed by atoms with Crippen LogP contribution in [0.15, 0.2) is 18.2 Å². The third-order valence-corrected chi connectivity index (χ3v) is 3.62. The van der Waals surface area contributed by atoms with Crippen LogP contribution in [-0.2, 0) is 19.1 Å². The van der Waals surface area contributed by atoms with E-state index in [1.807, 2.05) is 32.0 Å². The zero-order valence-electron chi connectivity index (χ0n) is 13.5. The Hall–Kier alpha value is -2.04. The Morgan fingerprint density at radius 1 is 0.952 bits per heavy atom. The van der Waals surface area contributed by atoms with E-state index in [9.17, 15) is 9.59 Å². The van der Waals surface area contributed by atoms with Gasteiger partial charge in [0.2, 0.25) is 0 Å². The highest BCUT2D eigenvalue weighted by Crippen LogP contribution is 2.29. The van der Waals surface area contributed by atoms with Crippen molar-refractivity contribution in [3.8, 4) is 0 Å². The third-order valence-electron chi connectivity index (χ3n) is 3.62. The van der Waals surface area contributed by atoms with Gasteiger partial charge in [-0.2, -0.15) is 0 Å². The Bertz CT molecular complexity index is 485. The Morgan fingerprint density at radius 3 is 1.67 bits per heavy atom. The Kier molecular flexibility index (Phi) is 5.76. The van der Waals surface area contributed by atoms with Crippen LogP contribution in [0.2, 0.25) is 0 Å². The summed E-state index contributed by atoms with van der Waals surface area (Å²) in [5.41, 5.74) is 2.83. The summed E-state index contributed by atoms with van der Waals surface area (Å²) >= 11 is 0. The molecule has 0 radical (unpaired) electrons. The zero-order valence-corrected chi connectivity index (χ0v) is 13.5. The minimum atomic E-state index is -0.594. The molecule has 0 fully saturated rings. The zero-order chi connectivity index (χ0) is 16.2. The maximum Gasteiger partial charge on any atom is 0.328 e. The normalized spacial score (nSPS) is 13.2. The predicted molar refractivity (Wildman–Crippen MR) is 81.4 cm³/mol. The minimum absolute atomic E-state index is 0.395. The van der Waals surface area contributed by atoms with Gasteiger partial charge < -0.3 is 14.4 Å². The van der Waals surface area contributed by atoms with Crippen molar-refractivity contribution in [3.05, 3.63) is 29.3 Å². The molecule has 0 bridgehead atoms. The van der Waals surface area contributed by atoms with Crippen molar-refractivity contribution < 1.29 is 19.1 Å². The van der Waals surface area contributed by atoms with Crippen LogP contribution in [0.4, 0.5) is 5.69 Å². The third kappa shape index (κ3) is 3.54. The monoisotopic (exact) mass is 293 g/mol. The molecule has 0 aromatic heterocycles. The molecule has 1 rings (SSSR count). The number of rotatable bonds is 5. The van der Waals surface area contributed by atoms with Crippen LogP contribution in [0.25, 0.3) is 0 Å². The minimum Gasteiger partial charge on any atom is -0.467 e. The van der Waals surface area contributed by atoms with Crippen molar-refractivity contribution in [3.63, 3.8) is 0 Å². The van der Waals surface area contributed by atoms with Crippen LogP contribution < -0.4 is 4.90 Å². The lowest BCUT2D eigenvalue weighted by Crippen LogP contribution is -2.49. The average Bonchev–Trinajstić information content (AvgIpc) is 2.48. The molecule has 0 amide bonds. The fourth-order valence-corrected chi connectivity index (χ4v) is 2.50. The highest BCUT2D eigenvalue weighted by atomic mass is 16.5. The van der Waals surface area contributed by atoms with E-state index in [-0.39, 0.29) is 0 Å². The Morgan fingerprint density at radius 2 is 1.33 bits per heavy atom. The average molecular weight is 293 g/mol. The van der Waals surface area contributed by atoms with Gasteiger partial charge in [0.1, 0.15) is 12.1 Å². The van der Waals surface area contributed by atoms with Crippen molar-refractivity contribution in [1.82, 2.24) is 0 Å². The second kappa shape index (κ2) is 7.11. The van der Waals surface area contributed by atoms with Gasteiger partial charge in [-0.25, -0.2) is 9.59 Å². The van der Waals surface area contributed by atoms with Crippen LogP contribution in [0, 0.1) is 13.8 Å². The Balaban J connectivity index is 3.37. The second-order valence-electron chi connectivity index (χ2n) is 5.05. The first kappa shape index (κ1) is 17.0. The number of esters is 2. The smallest absolute Gasteiger partial charge is 0.328 e. The number of ether oxygens (including phenoxy) is 2. The standard InChI is InChI=1S/C16H23NO4/c1-10-8-7-9-11(2)14(10)17(12(3)15(18)20-5)13(4)16(19)21-6/h7-9,12-13H,1-6H3/t12-,13-/m0/s1. The van der Waals surface area contributed by atoms with Gasteiger partial charge in [-0.15, -0.1) is 0 Å². The molecule has 1 aromatic rings.